The lowest BCUT2D eigenvalue weighted by atomic mass is 9.97. The highest BCUT2D eigenvalue weighted by Gasteiger charge is 2.29. The maximum absolute atomic E-state index is 12.6. The standard InChI is InChI=1S/C16H21BrN4OS/c1-10-15-12-6-5-11(17)9-13(12)14(7-8-21(15)20-18-10)19-23(22)16(2,3)4/h5-6,9,14,19H,7-8H2,1-4H3/t14-,23?/m1/s1. The van der Waals surface area contributed by atoms with E-state index in [0.29, 0.717) is 0 Å². The Labute approximate surface area is 147 Å². The van der Waals surface area contributed by atoms with E-state index in [1.54, 1.807) is 0 Å². The van der Waals surface area contributed by atoms with E-state index >= 15 is 0 Å². The smallest absolute Gasteiger partial charge is 0.0975 e. The van der Waals surface area contributed by atoms with Crippen molar-refractivity contribution in [2.45, 2.75) is 51.4 Å². The lowest BCUT2D eigenvalue weighted by molar-refractivity contribution is 0.499. The van der Waals surface area contributed by atoms with Crippen LogP contribution in [0.4, 0.5) is 0 Å². The first-order chi connectivity index (χ1) is 10.8. The van der Waals surface area contributed by atoms with Crippen LogP contribution in [0.5, 0.6) is 0 Å². The Morgan fingerprint density at radius 3 is 2.83 bits per heavy atom. The third-order valence-corrected chi connectivity index (χ3v) is 6.09. The molecule has 0 spiro atoms. The summed E-state index contributed by atoms with van der Waals surface area (Å²) in [6.07, 6.45) is 0.821. The number of halogens is 1. The van der Waals surface area contributed by atoms with Crippen LogP contribution in [0.25, 0.3) is 11.3 Å². The Kier molecular flexibility index (Phi) is 4.46. The van der Waals surface area contributed by atoms with Crippen LogP contribution in [0.3, 0.4) is 0 Å². The molecule has 0 aliphatic carbocycles. The van der Waals surface area contributed by atoms with Gasteiger partial charge in [-0.15, -0.1) is 5.10 Å². The first-order valence-corrected chi connectivity index (χ1v) is 9.59. The SMILES string of the molecule is Cc1nnn2c1-c1ccc(Br)cc1[C@H](NS(=O)C(C)(C)C)CC2. The second-order valence-corrected chi connectivity index (χ2v) is 9.73. The molecule has 2 aromatic rings. The van der Waals surface area contributed by atoms with Gasteiger partial charge in [0, 0.05) is 22.6 Å². The molecule has 0 radical (unpaired) electrons. The fourth-order valence-corrected chi connectivity index (χ4v) is 4.00. The molecule has 5 nitrogen and oxygen atoms in total. The molecule has 1 aromatic heterocycles. The van der Waals surface area contributed by atoms with Gasteiger partial charge in [-0.25, -0.2) is 13.6 Å². The summed E-state index contributed by atoms with van der Waals surface area (Å²) in [7, 11) is -1.13. The number of aryl methyl sites for hydroxylation is 2. The van der Waals surface area contributed by atoms with Gasteiger partial charge in [-0.3, -0.25) is 0 Å². The quantitative estimate of drug-likeness (QED) is 0.844. The number of nitrogens with zero attached hydrogens (tertiary/aromatic N) is 3. The zero-order valence-corrected chi connectivity index (χ0v) is 16.2. The second kappa shape index (κ2) is 6.11. The Bertz CT molecular complexity index is 766. The summed E-state index contributed by atoms with van der Waals surface area (Å²) in [5.74, 6) is 0. The molecule has 0 saturated heterocycles. The number of benzene rings is 1. The predicted molar refractivity (Wildman–Crippen MR) is 96.3 cm³/mol. The van der Waals surface area contributed by atoms with Crippen molar-refractivity contribution in [1.29, 1.82) is 0 Å². The lowest BCUT2D eigenvalue weighted by Crippen LogP contribution is -2.36. The summed E-state index contributed by atoms with van der Waals surface area (Å²) < 4.78 is 18.6. The Morgan fingerprint density at radius 2 is 2.13 bits per heavy atom. The molecule has 1 aliphatic rings. The summed E-state index contributed by atoms with van der Waals surface area (Å²) >= 11 is 3.56. The van der Waals surface area contributed by atoms with Crippen molar-refractivity contribution in [2.75, 3.05) is 0 Å². The van der Waals surface area contributed by atoms with E-state index in [1.807, 2.05) is 38.4 Å². The molecule has 1 unspecified atom stereocenters. The van der Waals surface area contributed by atoms with Gasteiger partial charge in [-0.2, -0.15) is 0 Å². The van der Waals surface area contributed by atoms with E-state index in [1.165, 1.54) is 0 Å². The van der Waals surface area contributed by atoms with Crippen LogP contribution in [0.15, 0.2) is 22.7 Å². The summed E-state index contributed by atoms with van der Waals surface area (Å²) in [5, 5.41) is 8.46. The fraction of sp³-hybridized carbons (Fsp3) is 0.500. The van der Waals surface area contributed by atoms with Gasteiger partial charge in [0.15, 0.2) is 0 Å². The number of hydrogen-bond acceptors (Lipinski definition) is 3. The molecule has 23 heavy (non-hydrogen) atoms. The zero-order chi connectivity index (χ0) is 16.8. The Balaban J connectivity index is 2.07. The number of fused-ring (bicyclic) bond motifs is 3. The van der Waals surface area contributed by atoms with Crippen molar-refractivity contribution in [2.24, 2.45) is 0 Å². The number of nitrogens with one attached hydrogen (secondary N) is 1. The van der Waals surface area contributed by atoms with Crippen molar-refractivity contribution in [3.8, 4) is 11.3 Å². The number of rotatable bonds is 2. The summed E-state index contributed by atoms with van der Waals surface area (Å²) in [6.45, 7) is 8.67. The van der Waals surface area contributed by atoms with Crippen LogP contribution in [0.1, 0.15) is 44.5 Å². The molecule has 0 amide bonds. The minimum Gasteiger partial charge on any atom is -0.244 e. The lowest BCUT2D eigenvalue weighted by Gasteiger charge is -2.24. The van der Waals surface area contributed by atoms with Gasteiger partial charge in [-0.05, 0) is 51.8 Å². The molecular weight excluding hydrogens is 376 g/mol. The monoisotopic (exact) mass is 396 g/mol. The highest BCUT2D eigenvalue weighted by Crippen LogP contribution is 2.37. The van der Waals surface area contributed by atoms with Crippen LogP contribution in [-0.2, 0) is 17.5 Å². The largest absolute Gasteiger partial charge is 0.244 e. The summed E-state index contributed by atoms with van der Waals surface area (Å²) in [6, 6.07) is 6.23. The minimum atomic E-state index is -1.13. The van der Waals surface area contributed by atoms with Crippen LogP contribution < -0.4 is 4.72 Å². The van der Waals surface area contributed by atoms with Gasteiger partial charge in [-0.1, -0.05) is 27.2 Å². The van der Waals surface area contributed by atoms with Gasteiger partial charge in [0.1, 0.15) is 0 Å². The van der Waals surface area contributed by atoms with E-state index in [4.69, 9.17) is 0 Å². The fourth-order valence-electron chi connectivity index (χ4n) is 2.76. The molecule has 0 fully saturated rings. The van der Waals surface area contributed by atoms with E-state index in [0.717, 1.165) is 40.0 Å². The molecule has 2 heterocycles. The third-order valence-electron chi connectivity index (χ3n) is 3.98. The van der Waals surface area contributed by atoms with Crippen LogP contribution >= 0.6 is 15.9 Å². The first-order valence-electron chi connectivity index (χ1n) is 7.65. The van der Waals surface area contributed by atoms with Crippen molar-refractivity contribution in [1.82, 2.24) is 19.7 Å². The third kappa shape index (κ3) is 3.27. The average Bonchev–Trinajstić information content (AvgIpc) is 2.75. The first kappa shape index (κ1) is 16.8. The maximum atomic E-state index is 12.6. The second-order valence-electron chi connectivity index (χ2n) is 6.82. The van der Waals surface area contributed by atoms with E-state index < -0.39 is 11.0 Å². The Hall–Kier alpha value is -1.05. The maximum Gasteiger partial charge on any atom is 0.0975 e. The highest BCUT2D eigenvalue weighted by atomic mass is 79.9. The Morgan fingerprint density at radius 1 is 1.39 bits per heavy atom. The van der Waals surface area contributed by atoms with Crippen molar-refractivity contribution < 1.29 is 4.21 Å². The molecule has 3 rings (SSSR count). The molecular formula is C16H21BrN4OS. The zero-order valence-electron chi connectivity index (χ0n) is 13.8. The molecule has 0 bridgehead atoms. The van der Waals surface area contributed by atoms with Crippen molar-refractivity contribution >= 4 is 26.9 Å². The summed E-state index contributed by atoms with van der Waals surface area (Å²) in [4.78, 5) is 0. The highest BCUT2D eigenvalue weighted by molar-refractivity contribution is 9.10. The molecule has 0 saturated carbocycles. The van der Waals surface area contributed by atoms with E-state index in [-0.39, 0.29) is 10.8 Å². The summed E-state index contributed by atoms with van der Waals surface area (Å²) in [5.41, 5.74) is 4.22. The predicted octanol–water partition coefficient (Wildman–Crippen LogP) is 3.51. The van der Waals surface area contributed by atoms with E-state index in [2.05, 4.69) is 43.1 Å². The molecule has 7 heteroatoms. The minimum absolute atomic E-state index is 0.0173. The van der Waals surface area contributed by atoms with Crippen LogP contribution in [-0.4, -0.2) is 23.9 Å². The molecule has 124 valence electrons. The van der Waals surface area contributed by atoms with Gasteiger partial charge < -0.3 is 0 Å². The average molecular weight is 397 g/mol. The van der Waals surface area contributed by atoms with Crippen molar-refractivity contribution in [3.63, 3.8) is 0 Å². The molecule has 1 N–H and O–H groups in total. The topological polar surface area (TPSA) is 59.8 Å². The molecule has 1 aromatic carbocycles. The van der Waals surface area contributed by atoms with E-state index in [9.17, 15) is 4.21 Å². The molecule has 2 atom stereocenters. The van der Waals surface area contributed by atoms with Crippen LogP contribution in [0.2, 0.25) is 0 Å². The van der Waals surface area contributed by atoms with Crippen molar-refractivity contribution in [3.05, 3.63) is 33.9 Å². The normalized spacial score (nSPS) is 18.9. The number of hydrogen-bond donors (Lipinski definition) is 1. The van der Waals surface area contributed by atoms with Gasteiger partial charge in [0.05, 0.1) is 27.1 Å². The van der Waals surface area contributed by atoms with Gasteiger partial charge in [0.2, 0.25) is 0 Å². The molecule has 1 aliphatic heterocycles. The van der Waals surface area contributed by atoms with Gasteiger partial charge in [0.25, 0.3) is 0 Å². The van der Waals surface area contributed by atoms with Crippen LogP contribution in [0, 0.1) is 6.92 Å². The number of aromatic nitrogens is 3. The van der Waals surface area contributed by atoms with Gasteiger partial charge >= 0.3 is 0 Å².